The average Bonchev–Trinajstić information content (AvgIpc) is 2.35. The first-order valence-electron chi connectivity index (χ1n) is 4.43. The van der Waals surface area contributed by atoms with E-state index in [1.165, 1.54) is 25.8 Å². The van der Waals surface area contributed by atoms with Crippen LogP contribution in [0, 0.1) is 0 Å². The van der Waals surface area contributed by atoms with Crippen LogP contribution in [-0.4, -0.2) is 46.7 Å². The summed E-state index contributed by atoms with van der Waals surface area (Å²) in [6.07, 6.45) is 3.88. The second-order valence-corrected chi connectivity index (χ2v) is 2.86. The molecule has 0 spiro atoms. The number of aliphatic hydroxyl groups excluding tert-OH is 1. The van der Waals surface area contributed by atoms with Crippen LogP contribution in [0.15, 0.2) is 18.7 Å². The van der Waals surface area contributed by atoms with Crippen LogP contribution < -0.4 is 5.32 Å². The molecule has 0 aliphatic rings. The Morgan fingerprint density at radius 3 is 2.62 bits per heavy atom. The largest absolute Gasteiger partial charge is 0.467 e. The van der Waals surface area contributed by atoms with E-state index in [1.807, 2.05) is 0 Å². The summed E-state index contributed by atoms with van der Waals surface area (Å²) in [5.74, 6) is -1.27. The molecule has 1 atom stereocenters. The highest BCUT2D eigenvalue weighted by Crippen LogP contribution is 1.95. The summed E-state index contributed by atoms with van der Waals surface area (Å²) in [5.41, 5.74) is 0.199. The molecule has 86 valence electrons. The number of rotatable bonds is 4. The van der Waals surface area contributed by atoms with Gasteiger partial charge in [0.25, 0.3) is 5.91 Å². The molecule has 0 fully saturated rings. The van der Waals surface area contributed by atoms with Gasteiger partial charge in [0.05, 0.1) is 19.3 Å². The van der Waals surface area contributed by atoms with Gasteiger partial charge in [-0.3, -0.25) is 4.79 Å². The van der Waals surface area contributed by atoms with E-state index >= 15 is 0 Å². The van der Waals surface area contributed by atoms with Gasteiger partial charge in [0.2, 0.25) is 0 Å². The Kier molecular flexibility index (Phi) is 4.34. The number of nitrogens with zero attached hydrogens (tertiary/aromatic N) is 2. The first-order valence-corrected chi connectivity index (χ1v) is 4.43. The third-order valence-corrected chi connectivity index (χ3v) is 1.80. The first kappa shape index (κ1) is 12.1. The fourth-order valence-electron chi connectivity index (χ4n) is 0.979. The lowest BCUT2D eigenvalue weighted by Gasteiger charge is -2.13. The van der Waals surface area contributed by atoms with E-state index in [4.69, 9.17) is 5.11 Å². The minimum absolute atomic E-state index is 0.199. The maximum atomic E-state index is 11.5. The van der Waals surface area contributed by atoms with Crippen molar-refractivity contribution in [1.82, 2.24) is 15.3 Å². The Hall–Kier alpha value is -2.02. The standard InChI is InChI=1S/C9H11N3O4/c1-16-9(15)7(4-13)12-8(14)6-2-10-5-11-3-6/h2-3,5,7,13H,4H2,1H3,(H,12,14)/t7-/m0/s1. The molecule has 0 bridgehead atoms. The normalized spacial score (nSPS) is 11.6. The third kappa shape index (κ3) is 2.99. The first-order chi connectivity index (χ1) is 7.69. The van der Waals surface area contributed by atoms with E-state index in [0.29, 0.717) is 0 Å². The van der Waals surface area contributed by atoms with Crippen molar-refractivity contribution in [3.8, 4) is 0 Å². The minimum Gasteiger partial charge on any atom is -0.467 e. The fraction of sp³-hybridized carbons (Fsp3) is 0.333. The van der Waals surface area contributed by atoms with Crippen LogP contribution in [0.1, 0.15) is 10.4 Å². The smallest absolute Gasteiger partial charge is 0.330 e. The van der Waals surface area contributed by atoms with Crippen molar-refractivity contribution in [1.29, 1.82) is 0 Å². The van der Waals surface area contributed by atoms with E-state index in [9.17, 15) is 9.59 Å². The number of carbonyl (C=O) groups is 2. The summed E-state index contributed by atoms with van der Waals surface area (Å²) in [6, 6.07) is -1.09. The van der Waals surface area contributed by atoms with Crippen molar-refractivity contribution in [2.24, 2.45) is 0 Å². The van der Waals surface area contributed by atoms with Crippen LogP contribution in [0.2, 0.25) is 0 Å². The lowest BCUT2D eigenvalue weighted by atomic mass is 10.2. The van der Waals surface area contributed by atoms with Gasteiger partial charge in [-0.25, -0.2) is 14.8 Å². The second kappa shape index (κ2) is 5.76. The number of hydrogen-bond acceptors (Lipinski definition) is 6. The van der Waals surface area contributed by atoms with Gasteiger partial charge < -0.3 is 15.2 Å². The molecular formula is C9H11N3O4. The van der Waals surface area contributed by atoms with Crippen LogP contribution in [-0.2, 0) is 9.53 Å². The van der Waals surface area contributed by atoms with E-state index in [0.717, 1.165) is 0 Å². The van der Waals surface area contributed by atoms with E-state index in [1.54, 1.807) is 0 Å². The van der Waals surface area contributed by atoms with Crippen molar-refractivity contribution in [3.63, 3.8) is 0 Å². The molecule has 2 N–H and O–H groups in total. The summed E-state index contributed by atoms with van der Waals surface area (Å²) in [5, 5.41) is 11.2. The van der Waals surface area contributed by atoms with Crippen molar-refractivity contribution in [3.05, 3.63) is 24.3 Å². The highest BCUT2D eigenvalue weighted by Gasteiger charge is 2.21. The number of amides is 1. The minimum atomic E-state index is -1.09. The zero-order chi connectivity index (χ0) is 12.0. The Morgan fingerprint density at radius 2 is 2.12 bits per heavy atom. The molecule has 7 nitrogen and oxygen atoms in total. The molecule has 16 heavy (non-hydrogen) atoms. The summed E-state index contributed by atoms with van der Waals surface area (Å²) >= 11 is 0. The number of carbonyl (C=O) groups excluding carboxylic acids is 2. The predicted octanol–water partition coefficient (Wildman–Crippen LogP) is -1.26. The van der Waals surface area contributed by atoms with Crippen LogP contribution in [0.4, 0.5) is 0 Å². The molecule has 0 radical (unpaired) electrons. The summed E-state index contributed by atoms with van der Waals surface area (Å²) < 4.78 is 4.40. The molecule has 0 aliphatic heterocycles. The second-order valence-electron chi connectivity index (χ2n) is 2.86. The molecule has 0 saturated heterocycles. The number of hydrogen-bond donors (Lipinski definition) is 2. The maximum Gasteiger partial charge on any atom is 0.330 e. The molecular weight excluding hydrogens is 214 g/mol. The summed E-state index contributed by atoms with van der Waals surface area (Å²) in [4.78, 5) is 29.9. The SMILES string of the molecule is COC(=O)[C@H](CO)NC(=O)c1cncnc1. The maximum absolute atomic E-state index is 11.5. The van der Waals surface area contributed by atoms with Gasteiger partial charge in [0, 0.05) is 12.4 Å². The molecule has 1 amide bonds. The molecule has 0 aromatic carbocycles. The molecule has 1 aromatic rings. The van der Waals surface area contributed by atoms with Crippen molar-refractivity contribution >= 4 is 11.9 Å². The fourth-order valence-corrected chi connectivity index (χ4v) is 0.979. The Bertz CT molecular complexity index is 368. The molecule has 0 unspecified atom stereocenters. The van der Waals surface area contributed by atoms with Crippen molar-refractivity contribution in [2.45, 2.75) is 6.04 Å². The van der Waals surface area contributed by atoms with Crippen LogP contribution in [0.25, 0.3) is 0 Å². The number of methoxy groups -OCH3 is 1. The summed E-state index contributed by atoms with van der Waals surface area (Å²) in [6.45, 7) is -0.536. The van der Waals surface area contributed by atoms with Crippen molar-refractivity contribution < 1.29 is 19.4 Å². The highest BCUT2D eigenvalue weighted by atomic mass is 16.5. The van der Waals surface area contributed by atoms with E-state index < -0.39 is 24.5 Å². The van der Waals surface area contributed by atoms with Gasteiger partial charge in [-0.15, -0.1) is 0 Å². The summed E-state index contributed by atoms with van der Waals surface area (Å²) in [7, 11) is 1.17. The number of ether oxygens (including phenoxy) is 1. The van der Waals surface area contributed by atoms with Gasteiger partial charge in [0.1, 0.15) is 6.33 Å². The monoisotopic (exact) mass is 225 g/mol. The van der Waals surface area contributed by atoms with Gasteiger partial charge in [0.15, 0.2) is 6.04 Å². The zero-order valence-corrected chi connectivity index (χ0v) is 8.58. The molecule has 1 aromatic heterocycles. The van der Waals surface area contributed by atoms with Gasteiger partial charge >= 0.3 is 5.97 Å². The lowest BCUT2D eigenvalue weighted by Crippen LogP contribution is -2.44. The van der Waals surface area contributed by atoms with E-state index in [2.05, 4.69) is 20.0 Å². The highest BCUT2D eigenvalue weighted by molar-refractivity contribution is 5.96. The molecule has 0 aliphatic carbocycles. The van der Waals surface area contributed by atoms with Gasteiger partial charge in [-0.1, -0.05) is 0 Å². The predicted molar refractivity (Wildman–Crippen MR) is 52.4 cm³/mol. The van der Waals surface area contributed by atoms with E-state index in [-0.39, 0.29) is 5.56 Å². The average molecular weight is 225 g/mol. The van der Waals surface area contributed by atoms with Crippen molar-refractivity contribution in [2.75, 3.05) is 13.7 Å². The topological polar surface area (TPSA) is 101 Å². The van der Waals surface area contributed by atoms with Crippen LogP contribution in [0.3, 0.4) is 0 Å². The molecule has 7 heteroatoms. The molecule has 0 saturated carbocycles. The number of nitrogens with one attached hydrogen (secondary N) is 1. The quantitative estimate of drug-likeness (QED) is 0.620. The molecule has 1 rings (SSSR count). The zero-order valence-electron chi connectivity index (χ0n) is 8.58. The number of esters is 1. The Balaban J connectivity index is 2.66. The Morgan fingerprint density at radius 1 is 1.50 bits per heavy atom. The Labute approximate surface area is 91.5 Å². The number of aromatic nitrogens is 2. The van der Waals surface area contributed by atoms with Gasteiger partial charge in [-0.2, -0.15) is 0 Å². The lowest BCUT2D eigenvalue weighted by molar-refractivity contribution is -0.143. The van der Waals surface area contributed by atoms with Crippen LogP contribution >= 0.6 is 0 Å². The molecule has 1 heterocycles. The number of aliphatic hydroxyl groups is 1. The van der Waals surface area contributed by atoms with Crippen LogP contribution in [0.5, 0.6) is 0 Å². The third-order valence-electron chi connectivity index (χ3n) is 1.80. The van der Waals surface area contributed by atoms with Gasteiger partial charge in [-0.05, 0) is 0 Å².